The molecule has 0 aliphatic carbocycles. The van der Waals surface area contributed by atoms with E-state index in [0.717, 1.165) is 29.4 Å². The third-order valence-corrected chi connectivity index (χ3v) is 6.75. The Labute approximate surface area is 206 Å². The Morgan fingerprint density at radius 3 is 2.29 bits per heavy atom. The van der Waals surface area contributed by atoms with Crippen molar-refractivity contribution in [2.45, 2.75) is 39.4 Å². The van der Waals surface area contributed by atoms with E-state index in [0.29, 0.717) is 5.11 Å². The van der Waals surface area contributed by atoms with Crippen LogP contribution in [0.4, 0.5) is 5.69 Å². The van der Waals surface area contributed by atoms with E-state index in [9.17, 15) is 0 Å². The minimum Gasteiger partial charge on any atom is -0.457 e. The first-order valence-corrected chi connectivity index (χ1v) is 12.0. The smallest absolute Gasteiger partial charge is 0.174 e. The van der Waals surface area contributed by atoms with Crippen LogP contribution in [0.2, 0.25) is 0 Å². The molecule has 3 heterocycles. The van der Waals surface area contributed by atoms with Crippen molar-refractivity contribution in [1.29, 1.82) is 0 Å². The maximum absolute atomic E-state index is 6.00. The van der Waals surface area contributed by atoms with Crippen molar-refractivity contribution in [2.24, 2.45) is 0 Å². The average molecular weight is 469 g/mol. The molecule has 0 amide bonds. The number of aryl methyl sites for hydroxylation is 1. The molecule has 1 fully saturated rings. The monoisotopic (exact) mass is 468 g/mol. The van der Waals surface area contributed by atoms with Gasteiger partial charge in [-0.2, -0.15) is 0 Å². The number of hydrogen-bond donors (Lipinski definition) is 1. The SMILES string of the molecule is CCn1c(C)cc([C@@H]2[C@H](c3ccccn3)NC(=S)N2c2ccc(Oc3ccccc3)cc2)c1C. The number of aromatic nitrogens is 2. The minimum absolute atomic E-state index is 0.0187. The molecule has 5 nitrogen and oxygen atoms in total. The number of pyridine rings is 1. The van der Waals surface area contributed by atoms with Crippen LogP contribution in [0.25, 0.3) is 0 Å². The number of nitrogens with one attached hydrogen (secondary N) is 1. The molecule has 5 rings (SSSR count). The van der Waals surface area contributed by atoms with Gasteiger partial charge >= 0.3 is 0 Å². The zero-order valence-corrected chi connectivity index (χ0v) is 20.4. The summed E-state index contributed by atoms with van der Waals surface area (Å²) in [5, 5.41) is 4.24. The van der Waals surface area contributed by atoms with Gasteiger partial charge in [0.25, 0.3) is 0 Å². The van der Waals surface area contributed by atoms with Gasteiger partial charge in [-0.3, -0.25) is 4.98 Å². The predicted molar refractivity (Wildman–Crippen MR) is 140 cm³/mol. The Kier molecular flexibility index (Phi) is 6.07. The first kappa shape index (κ1) is 22.2. The van der Waals surface area contributed by atoms with Crippen LogP contribution in [0.1, 0.15) is 41.7 Å². The third-order valence-electron chi connectivity index (χ3n) is 6.44. The summed E-state index contributed by atoms with van der Waals surface area (Å²) < 4.78 is 8.35. The Bertz CT molecular complexity index is 1290. The van der Waals surface area contributed by atoms with Crippen molar-refractivity contribution in [3.8, 4) is 11.5 Å². The van der Waals surface area contributed by atoms with E-state index >= 15 is 0 Å². The van der Waals surface area contributed by atoms with E-state index in [2.05, 4.69) is 64.8 Å². The van der Waals surface area contributed by atoms with Gasteiger partial charge in [-0.25, -0.2) is 0 Å². The van der Waals surface area contributed by atoms with Crippen LogP contribution < -0.4 is 15.0 Å². The molecule has 0 radical (unpaired) electrons. The van der Waals surface area contributed by atoms with Crippen LogP contribution >= 0.6 is 12.2 Å². The first-order valence-electron chi connectivity index (χ1n) is 11.6. The fraction of sp³-hybridized carbons (Fsp3) is 0.214. The molecule has 1 aliphatic heterocycles. The maximum atomic E-state index is 6.00. The fourth-order valence-corrected chi connectivity index (χ4v) is 5.21. The summed E-state index contributed by atoms with van der Waals surface area (Å²) in [5.74, 6) is 1.60. The van der Waals surface area contributed by atoms with Gasteiger partial charge in [0.15, 0.2) is 5.11 Å². The molecule has 0 saturated carbocycles. The molecule has 1 aliphatic rings. The highest BCUT2D eigenvalue weighted by atomic mass is 32.1. The molecule has 172 valence electrons. The second kappa shape index (κ2) is 9.31. The Morgan fingerprint density at radius 2 is 1.65 bits per heavy atom. The number of thiocarbonyl (C=S) groups is 1. The topological polar surface area (TPSA) is 42.3 Å². The fourth-order valence-electron chi connectivity index (χ4n) is 4.86. The number of rotatable bonds is 6. The molecule has 0 spiro atoms. The van der Waals surface area contributed by atoms with Crippen LogP contribution in [0.15, 0.2) is 85.1 Å². The van der Waals surface area contributed by atoms with Gasteiger partial charge in [0.1, 0.15) is 11.5 Å². The molecule has 0 unspecified atom stereocenters. The standard InChI is InChI=1S/C28H28N4OS/c1-4-31-19(2)18-24(20(31)3)27-26(25-12-8-9-17-29-25)30-28(34)32(27)21-13-15-23(16-14-21)33-22-10-6-5-7-11-22/h5-18,26-27H,4H2,1-3H3,(H,30,34)/t26-,27+/m0/s1. The molecule has 1 N–H and O–H groups in total. The number of ether oxygens (including phenoxy) is 1. The van der Waals surface area contributed by atoms with Gasteiger partial charge in [0, 0.05) is 29.8 Å². The molecule has 2 atom stereocenters. The lowest BCUT2D eigenvalue weighted by Crippen LogP contribution is -2.29. The summed E-state index contributed by atoms with van der Waals surface area (Å²) >= 11 is 5.87. The molecule has 0 bridgehead atoms. The molecule has 2 aromatic carbocycles. The van der Waals surface area contributed by atoms with Gasteiger partial charge in [-0.15, -0.1) is 0 Å². The summed E-state index contributed by atoms with van der Waals surface area (Å²) in [6.07, 6.45) is 1.84. The number of nitrogens with zero attached hydrogens (tertiary/aromatic N) is 3. The van der Waals surface area contributed by atoms with Crippen molar-refractivity contribution in [3.05, 3.63) is 108 Å². The lowest BCUT2D eigenvalue weighted by Gasteiger charge is -2.28. The number of hydrogen-bond acceptors (Lipinski definition) is 3. The van der Waals surface area contributed by atoms with E-state index in [-0.39, 0.29) is 12.1 Å². The summed E-state index contributed by atoms with van der Waals surface area (Å²) in [6, 6.07) is 26.2. The third kappa shape index (κ3) is 4.05. The zero-order chi connectivity index (χ0) is 23.7. The van der Waals surface area contributed by atoms with Crippen molar-refractivity contribution in [2.75, 3.05) is 4.90 Å². The highest BCUT2D eigenvalue weighted by molar-refractivity contribution is 7.80. The normalized spacial score (nSPS) is 17.6. The highest BCUT2D eigenvalue weighted by Gasteiger charge is 2.42. The molecular formula is C28H28N4OS. The molecule has 4 aromatic rings. The van der Waals surface area contributed by atoms with Crippen LogP contribution in [-0.4, -0.2) is 14.7 Å². The van der Waals surface area contributed by atoms with Gasteiger partial charge in [0.2, 0.25) is 0 Å². The van der Waals surface area contributed by atoms with Gasteiger partial charge in [-0.05, 0) is 93.1 Å². The Morgan fingerprint density at radius 1 is 0.941 bits per heavy atom. The van der Waals surface area contributed by atoms with E-state index in [1.807, 2.05) is 60.8 Å². The van der Waals surface area contributed by atoms with Crippen molar-refractivity contribution < 1.29 is 4.74 Å². The molecule has 2 aromatic heterocycles. The van der Waals surface area contributed by atoms with E-state index in [1.54, 1.807) is 0 Å². The number of anilines is 1. The van der Waals surface area contributed by atoms with Crippen LogP contribution in [-0.2, 0) is 6.54 Å². The lowest BCUT2D eigenvalue weighted by molar-refractivity contribution is 0.482. The number of benzene rings is 2. The van der Waals surface area contributed by atoms with Gasteiger partial charge in [0.05, 0.1) is 17.8 Å². The van der Waals surface area contributed by atoms with Crippen molar-refractivity contribution in [3.63, 3.8) is 0 Å². The van der Waals surface area contributed by atoms with Gasteiger partial charge in [-0.1, -0.05) is 24.3 Å². The predicted octanol–water partition coefficient (Wildman–Crippen LogP) is 6.49. The summed E-state index contributed by atoms with van der Waals surface area (Å²) in [6.45, 7) is 7.47. The summed E-state index contributed by atoms with van der Waals surface area (Å²) in [4.78, 5) is 6.87. The first-order chi connectivity index (χ1) is 16.6. The average Bonchev–Trinajstić information content (AvgIpc) is 3.35. The largest absolute Gasteiger partial charge is 0.457 e. The lowest BCUT2D eigenvalue weighted by atomic mass is 9.96. The second-order valence-electron chi connectivity index (χ2n) is 8.48. The van der Waals surface area contributed by atoms with Crippen molar-refractivity contribution in [1.82, 2.24) is 14.9 Å². The Hall–Kier alpha value is -3.64. The summed E-state index contributed by atoms with van der Waals surface area (Å²) in [7, 11) is 0. The molecule has 34 heavy (non-hydrogen) atoms. The minimum atomic E-state index is -0.0558. The quantitative estimate of drug-likeness (QED) is 0.328. The van der Waals surface area contributed by atoms with Crippen LogP contribution in [0, 0.1) is 13.8 Å². The molecule has 1 saturated heterocycles. The highest BCUT2D eigenvalue weighted by Crippen LogP contribution is 2.43. The number of para-hydroxylation sites is 1. The molecule has 6 heteroatoms. The van der Waals surface area contributed by atoms with E-state index in [4.69, 9.17) is 17.0 Å². The van der Waals surface area contributed by atoms with E-state index in [1.165, 1.54) is 17.0 Å². The second-order valence-corrected chi connectivity index (χ2v) is 8.86. The zero-order valence-electron chi connectivity index (χ0n) is 19.6. The van der Waals surface area contributed by atoms with Gasteiger partial charge < -0.3 is 19.5 Å². The molecular weight excluding hydrogens is 440 g/mol. The maximum Gasteiger partial charge on any atom is 0.174 e. The Balaban J connectivity index is 1.54. The van der Waals surface area contributed by atoms with Crippen LogP contribution in [0.5, 0.6) is 11.5 Å². The van der Waals surface area contributed by atoms with E-state index < -0.39 is 0 Å². The van der Waals surface area contributed by atoms with Crippen LogP contribution in [0.3, 0.4) is 0 Å². The van der Waals surface area contributed by atoms with Crippen molar-refractivity contribution >= 4 is 23.0 Å². The summed E-state index contributed by atoms with van der Waals surface area (Å²) in [5.41, 5.74) is 5.75.